The molecule has 1 aliphatic carbocycles. The monoisotopic (exact) mass is 331 g/mol. The minimum atomic E-state index is -0.238. The summed E-state index contributed by atoms with van der Waals surface area (Å²) in [5.41, 5.74) is 1.45. The zero-order valence-electron chi connectivity index (χ0n) is 15.1. The van der Waals surface area contributed by atoms with Crippen LogP contribution < -0.4 is 16.0 Å². The van der Waals surface area contributed by atoms with Gasteiger partial charge in [-0.25, -0.2) is 0 Å². The summed E-state index contributed by atoms with van der Waals surface area (Å²) >= 11 is 0. The highest BCUT2D eigenvalue weighted by atomic mass is 16.2. The van der Waals surface area contributed by atoms with E-state index in [-0.39, 0.29) is 17.9 Å². The van der Waals surface area contributed by atoms with Crippen molar-refractivity contribution in [1.29, 1.82) is 0 Å². The fraction of sp³-hybridized carbons (Fsp3) is 0.579. The highest BCUT2D eigenvalue weighted by Gasteiger charge is 2.29. The molecule has 0 spiro atoms. The minimum absolute atomic E-state index is 0.0345. The second kappa shape index (κ2) is 8.29. The molecule has 1 saturated carbocycles. The van der Waals surface area contributed by atoms with Gasteiger partial charge in [-0.15, -0.1) is 0 Å². The molecule has 2 rings (SSSR count). The first kappa shape index (κ1) is 18.5. The molecule has 0 unspecified atom stereocenters. The molecule has 0 aliphatic heterocycles. The van der Waals surface area contributed by atoms with Gasteiger partial charge in [0.25, 0.3) is 0 Å². The Morgan fingerprint density at radius 1 is 1.04 bits per heavy atom. The fourth-order valence-electron chi connectivity index (χ4n) is 3.30. The Morgan fingerprint density at radius 2 is 1.62 bits per heavy atom. The summed E-state index contributed by atoms with van der Waals surface area (Å²) in [7, 11) is 0. The molecule has 0 saturated heterocycles. The van der Waals surface area contributed by atoms with Crippen LogP contribution in [-0.4, -0.2) is 23.9 Å². The zero-order valence-corrected chi connectivity index (χ0v) is 15.1. The van der Waals surface area contributed by atoms with Crippen LogP contribution in [-0.2, 0) is 9.59 Å². The van der Waals surface area contributed by atoms with E-state index in [1.54, 1.807) is 24.3 Å². The molecule has 3 N–H and O–H groups in total. The van der Waals surface area contributed by atoms with Crippen LogP contribution >= 0.6 is 0 Å². The van der Waals surface area contributed by atoms with E-state index in [1.807, 2.05) is 6.92 Å². The van der Waals surface area contributed by atoms with Crippen LogP contribution in [0.1, 0.15) is 47.0 Å². The van der Waals surface area contributed by atoms with Crippen molar-refractivity contribution in [3.05, 3.63) is 24.3 Å². The molecule has 0 aromatic heterocycles. The van der Waals surface area contributed by atoms with Crippen LogP contribution in [0.15, 0.2) is 24.3 Å². The summed E-state index contributed by atoms with van der Waals surface area (Å²) < 4.78 is 0. The lowest BCUT2D eigenvalue weighted by Crippen LogP contribution is -2.49. The Labute approximate surface area is 144 Å². The highest BCUT2D eigenvalue weighted by Crippen LogP contribution is 2.29. The number of carbonyl (C=O) groups excluding carboxylic acids is 2. The average molecular weight is 331 g/mol. The van der Waals surface area contributed by atoms with Gasteiger partial charge in [0.15, 0.2) is 0 Å². The van der Waals surface area contributed by atoms with Crippen LogP contribution in [0.4, 0.5) is 11.4 Å². The molecule has 1 aliphatic rings. The number of amides is 2. The van der Waals surface area contributed by atoms with E-state index >= 15 is 0 Å². The van der Waals surface area contributed by atoms with Gasteiger partial charge in [-0.1, -0.05) is 26.7 Å². The van der Waals surface area contributed by atoms with E-state index in [0.717, 1.165) is 17.8 Å². The van der Waals surface area contributed by atoms with E-state index < -0.39 is 0 Å². The number of hydrogen-bond donors (Lipinski definition) is 3. The SMILES string of the molecule is CC(=O)Nc1ccc(NC(=O)[C@H](C)N[C@@H]2CCC[C@@H](C)[C@@H]2C)cc1. The van der Waals surface area contributed by atoms with E-state index in [4.69, 9.17) is 0 Å². The molecule has 1 aromatic carbocycles. The number of benzene rings is 1. The normalized spacial score (nSPS) is 24.9. The van der Waals surface area contributed by atoms with Crippen molar-refractivity contribution >= 4 is 23.2 Å². The Kier molecular flexibility index (Phi) is 6.37. The van der Waals surface area contributed by atoms with Crippen molar-refractivity contribution in [2.24, 2.45) is 11.8 Å². The van der Waals surface area contributed by atoms with E-state index in [1.165, 1.54) is 19.8 Å². The van der Waals surface area contributed by atoms with Crippen molar-refractivity contribution in [1.82, 2.24) is 5.32 Å². The molecular weight excluding hydrogens is 302 g/mol. The smallest absolute Gasteiger partial charge is 0.241 e. The lowest BCUT2D eigenvalue weighted by Gasteiger charge is -2.36. The van der Waals surface area contributed by atoms with Crippen molar-refractivity contribution in [2.45, 2.75) is 59.0 Å². The maximum Gasteiger partial charge on any atom is 0.241 e. The number of carbonyl (C=O) groups is 2. The first-order chi connectivity index (χ1) is 11.4. The standard InChI is InChI=1S/C19H29N3O2/c1-12-6-5-7-18(13(12)2)20-14(3)19(24)22-17-10-8-16(9-11-17)21-15(4)23/h8-14,18,20H,5-7H2,1-4H3,(H,21,23)(H,22,24)/t12-,13+,14+,18-/m1/s1. The van der Waals surface area contributed by atoms with Crippen molar-refractivity contribution < 1.29 is 9.59 Å². The van der Waals surface area contributed by atoms with Gasteiger partial charge in [-0.2, -0.15) is 0 Å². The highest BCUT2D eigenvalue weighted by molar-refractivity contribution is 5.95. The summed E-state index contributed by atoms with van der Waals surface area (Å²) in [6.45, 7) is 7.94. The topological polar surface area (TPSA) is 70.2 Å². The molecule has 1 fully saturated rings. The molecule has 5 nitrogen and oxygen atoms in total. The summed E-state index contributed by atoms with van der Waals surface area (Å²) in [5.74, 6) is 1.15. The van der Waals surface area contributed by atoms with E-state index in [0.29, 0.717) is 17.9 Å². The van der Waals surface area contributed by atoms with Crippen LogP contribution in [0.2, 0.25) is 0 Å². The number of nitrogens with one attached hydrogen (secondary N) is 3. The molecule has 5 heteroatoms. The zero-order chi connectivity index (χ0) is 17.7. The summed E-state index contributed by atoms with van der Waals surface area (Å²) in [4.78, 5) is 23.4. The second-order valence-electron chi connectivity index (χ2n) is 7.01. The minimum Gasteiger partial charge on any atom is -0.326 e. The lowest BCUT2D eigenvalue weighted by molar-refractivity contribution is -0.118. The van der Waals surface area contributed by atoms with Crippen molar-refractivity contribution in [3.63, 3.8) is 0 Å². The predicted molar refractivity (Wildman–Crippen MR) is 97.9 cm³/mol. The van der Waals surface area contributed by atoms with Gasteiger partial charge < -0.3 is 16.0 Å². The molecule has 4 atom stereocenters. The fourth-order valence-corrected chi connectivity index (χ4v) is 3.30. The van der Waals surface area contributed by atoms with Crippen molar-refractivity contribution in [2.75, 3.05) is 10.6 Å². The van der Waals surface area contributed by atoms with Gasteiger partial charge in [-0.05, 0) is 49.4 Å². The summed E-state index contributed by atoms with van der Waals surface area (Å²) in [6.07, 6.45) is 3.64. The molecule has 0 heterocycles. The average Bonchev–Trinajstić information content (AvgIpc) is 2.53. The Hall–Kier alpha value is -1.88. The second-order valence-corrected chi connectivity index (χ2v) is 7.01. The van der Waals surface area contributed by atoms with E-state index in [9.17, 15) is 9.59 Å². The van der Waals surface area contributed by atoms with Gasteiger partial charge in [0.05, 0.1) is 6.04 Å². The Bertz CT molecular complexity index is 570. The third kappa shape index (κ3) is 5.06. The maximum absolute atomic E-state index is 12.4. The Balaban J connectivity index is 1.88. The van der Waals surface area contributed by atoms with Gasteiger partial charge in [0, 0.05) is 24.3 Å². The van der Waals surface area contributed by atoms with Gasteiger partial charge >= 0.3 is 0 Å². The summed E-state index contributed by atoms with van der Waals surface area (Å²) in [5, 5.41) is 9.12. The third-order valence-electron chi connectivity index (χ3n) is 5.04. The molecule has 24 heavy (non-hydrogen) atoms. The molecule has 132 valence electrons. The number of hydrogen-bond acceptors (Lipinski definition) is 3. The van der Waals surface area contributed by atoms with Crippen molar-refractivity contribution in [3.8, 4) is 0 Å². The van der Waals surface area contributed by atoms with Crippen LogP contribution in [0, 0.1) is 11.8 Å². The van der Waals surface area contributed by atoms with E-state index in [2.05, 4.69) is 29.8 Å². The first-order valence-electron chi connectivity index (χ1n) is 8.81. The predicted octanol–water partition coefficient (Wildman–Crippen LogP) is 3.39. The largest absolute Gasteiger partial charge is 0.326 e. The molecular formula is C19H29N3O2. The Morgan fingerprint density at radius 3 is 2.21 bits per heavy atom. The third-order valence-corrected chi connectivity index (χ3v) is 5.04. The lowest BCUT2D eigenvalue weighted by atomic mass is 9.78. The van der Waals surface area contributed by atoms with Crippen LogP contribution in [0.3, 0.4) is 0 Å². The number of rotatable bonds is 5. The van der Waals surface area contributed by atoms with Crippen LogP contribution in [0.25, 0.3) is 0 Å². The molecule has 2 amide bonds. The van der Waals surface area contributed by atoms with Gasteiger partial charge in [0.1, 0.15) is 0 Å². The first-order valence-corrected chi connectivity index (χ1v) is 8.81. The number of anilines is 2. The maximum atomic E-state index is 12.4. The molecule has 0 radical (unpaired) electrons. The summed E-state index contributed by atoms with van der Waals surface area (Å²) in [6, 6.07) is 7.30. The van der Waals surface area contributed by atoms with Gasteiger partial charge in [-0.3, -0.25) is 9.59 Å². The molecule has 0 bridgehead atoms. The van der Waals surface area contributed by atoms with Crippen LogP contribution in [0.5, 0.6) is 0 Å². The van der Waals surface area contributed by atoms with Gasteiger partial charge in [0.2, 0.25) is 11.8 Å². The molecule has 1 aromatic rings. The quantitative estimate of drug-likeness (QED) is 0.774.